The summed E-state index contributed by atoms with van der Waals surface area (Å²) in [6.07, 6.45) is 2.93. The topological polar surface area (TPSA) is 121 Å². The van der Waals surface area contributed by atoms with Gasteiger partial charge < -0.3 is 34.7 Å². The van der Waals surface area contributed by atoms with Gasteiger partial charge in [0.25, 0.3) is 0 Å². The number of nitrogen functional groups attached to an aromatic ring is 1. The molecule has 1 saturated heterocycles. The van der Waals surface area contributed by atoms with Gasteiger partial charge in [-0.05, 0) is 31.9 Å². The molecular weight excluding hydrogens is 390 g/mol. The third-order valence-corrected chi connectivity index (χ3v) is 5.09. The molecule has 162 valence electrons. The highest BCUT2D eigenvalue weighted by molar-refractivity contribution is 5.92. The van der Waals surface area contributed by atoms with Crippen LogP contribution in [0, 0.1) is 0 Å². The molecule has 2 amide bonds. The summed E-state index contributed by atoms with van der Waals surface area (Å²) in [4.78, 5) is 30.5. The first kappa shape index (κ1) is 21.3. The van der Waals surface area contributed by atoms with Crippen molar-refractivity contribution < 1.29 is 23.8 Å². The minimum Gasteiger partial charge on any atom is -0.497 e. The number of nitrogens with one attached hydrogen (secondary N) is 1. The number of nitrogens with zero attached hydrogens (tertiary/aromatic N) is 3. The predicted octanol–water partition coefficient (Wildman–Crippen LogP) is 2.53. The van der Waals surface area contributed by atoms with Gasteiger partial charge in [0.15, 0.2) is 5.69 Å². The molecule has 0 aliphatic carbocycles. The van der Waals surface area contributed by atoms with Crippen molar-refractivity contribution in [3.05, 3.63) is 30.2 Å². The largest absolute Gasteiger partial charge is 0.497 e. The van der Waals surface area contributed by atoms with Gasteiger partial charge in [-0.15, -0.1) is 0 Å². The lowest BCUT2D eigenvalue weighted by atomic mass is 10.1. The van der Waals surface area contributed by atoms with Crippen LogP contribution in [0.15, 0.2) is 24.5 Å². The first-order valence-electron chi connectivity index (χ1n) is 9.75. The Bertz CT molecular complexity index is 905. The van der Waals surface area contributed by atoms with Crippen LogP contribution in [0.4, 0.5) is 16.3 Å². The number of hydrogen-bond acceptors (Lipinski definition) is 7. The van der Waals surface area contributed by atoms with Crippen molar-refractivity contribution in [2.24, 2.45) is 0 Å². The van der Waals surface area contributed by atoms with Crippen LogP contribution in [-0.2, 0) is 4.74 Å². The summed E-state index contributed by atoms with van der Waals surface area (Å²) in [5.74, 6) is 0.935. The summed E-state index contributed by atoms with van der Waals surface area (Å²) in [6.45, 7) is 3.06. The summed E-state index contributed by atoms with van der Waals surface area (Å²) < 4.78 is 17.3. The molecule has 30 heavy (non-hydrogen) atoms. The Balaban J connectivity index is 1.62. The van der Waals surface area contributed by atoms with E-state index in [0.717, 1.165) is 0 Å². The van der Waals surface area contributed by atoms with E-state index in [1.165, 1.54) is 0 Å². The van der Waals surface area contributed by atoms with Crippen molar-refractivity contribution in [2.45, 2.75) is 25.8 Å². The molecule has 10 heteroatoms. The number of aromatic nitrogens is 2. The molecule has 10 nitrogen and oxygen atoms in total. The zero-order chi connectivity index (χ0) is 21.7. The number of carbonyl (C=O) groups excluding carboxylic acids is 2. The number of anilines is 2. The minimum atomic E-state index is -0.530. The van der Waals surface area contributed by atoms with Crippen LogP contribution in [0.2, 0.25) is 0 Å². The number of methoxy groups -OCH3 is 2. The normalized spacial score (nSPS) is 14.3. The van der Waals surface area contributed by atoms with E-state index < -0.39 is 5.97 Å². The minimum absolute atomic E-state index is 0.0519. The van der Waals surface area contributed by atoms with E-state index >= 15 is 0 Å². The molecule has 1 aromatic heterocycles. The zero-order valence-electron chi connectivity index (χ0n) is 17.4. The molecule has 3 N–H and O–H groups in total. The van der Waals surface area contributed by atoms with Gasteiger partial charge in [-0.3, -0.25) is 0 Å². The van der Waals surface area contributed by atoms with E-state index in [1.54, 1.807) is 55.1 Å². The average molecular weight is 417 g/mol. The number of carbonyl (C=O) groups is 2. The number of rotatable bonds is 6. The average Bonchev–Trinajstić information content (AvgIpc) is 3.15. The number of hydrogen-bond donors (Lipinski definition) is 2. The fraction of sp³-hybridized carbons (Fsp3) is 0.450. The fourth-order valence-corrected chi connectivity index (χ4v) is 3.47. The molecule has 0 atom stereocenters. The van der Waals surface area contributed by atoms with Gasteiger partial charge in [0.1, 0.15) is 17.3 Å². The molecule has 0 saturated carbocycles. The number of esters is 1. The van der Waals surface area contributed by atoms with Crippen molar-refractivity contribution in [3.63, 3.8) is 0 Å². The Morgan fingerprint density at radius 1 is 1.23 bits per heavy atom. The highest BCUT2D eigenvalue weighted by atomic mass is 16.5. The van der Waals surface area contributed by atoms with Crippen LogP contribution in [0.3, 0.4) is 0 Å². The molecule has 0 bridgehead atoms. The quantitative estimate of drug-likeness (QED) is 0.693. The summed E-state index contributed by atoms with van der Waals surface area (Å²) >= 11 is 0. The molecule has 0 unspecified atom stereocenters. The van der Waals surface area contributed by atoms with E-state index in [4.69, 9.17) is 19.9 Å². The second-order valence-corrected chi connectivity index (χ2v) is 6.82. The molecule has 1 aliphatic rings. The first-order valence-corrected chi connectivity index (χ1v) is 9.75. The summed E-state index contributed by atoms with van der Waals surface area (Å²) in [6, 6.07) is 5.05. The standard InChI is InChI=1S/C20H27N5O5/c1-4-30-19(26)17-18(21)25(12-22-17)13-7-9-24(10-8-13)20(27)23-15-11-14(28-2)5-6-16(15)29-3/h5-6,11-13H,4,7-10,21H2,1-3H3,(H,23,27). The van der Waals surface area contributed by atoms with Gasteiger partial charge >= 0.3 is 12.0 Å². The summed E-state index contributed by atoms with van der Waals surface area (Å²) in [7, 11) is 3.11. The van der Waals surface area contributed by atoms with E-state index in [2.05, 4.69) is 10.3 Å². The lowest BCUT2D eigenvalue weighted by molar-refractivity contribution is 0.0521. The van der Waals surface area contributed by atoms with E-state index in [0.29, 0.717) is 43.1 Å². The fourth-order valence-electron chi connectivity index (χ4n) is 3.47. The van der Waals surface area contributed by atoms with Crippen LogP contribution in [-0.4, -0.2) is 60.4 Å². The Hall–Kier alpha value is -3.43. The molecule has 2 aromatic rings. The van der Waals surface area contributed by atoms with Gasteiger partial charge in [0, 0.05) is 25.2 Å². The molecule has 2 heterocycles. The first-order chi connectivity index (χ1) is 14.5. The summed E-state index contributed by atoms with van der Waals surface area (Å²) in [5.41, 5.74) is 6.77. The van der Waals surface area contributed by atoms with Crippen LogP contribution in [0.1, 0.15) is 36.3 Å². The lowest BCUT2D eigenvalue weighted by Crippen LogP contribution is -2.41. The maximum Gasteiger partial charge on any atom is 0.360 e. The second-order valence-electron chi connectivity index (χ2n) is 6.82. The van der Waals surface area contributed by atoms with Crippen LogP contribution < -0.4 is 20.5 Å². The number of urea groups is 1. The van der Waals surface area contributed by atoms with Gasteiger partial charge in [-0.25, -0.2) is 14.6 Å². The van der Waals surface area contributed by atoms with Crippen LogP contribution in [0.25, 0.3) is 0 Å². The van der Waals surface area contributed by atoms with Crippen LogP contribution in [0.5, 0.6) is 11.5 Å². The second kappa shape index (κ2) is 9.38. The maximum absolute atomic E-state index is 12.7. The van der Waals surface area contributed by atoms with Gasteiger partial charge in [-0.1, -0.05) is 0 Å². The van der Waals surface area contributed by atoms with E-state index in [1.807, 2.05) is 0 Å². The number of ether oxygens (including phenoxy) is 3. The Labute approximate surface area is 174 Å². The molecule has 3 rings (SSSR count). The smallest absolute Gasteiger partial charge is 0.360 e. The van der Waals surface area contributed by atoms with Gasteiger partial charge in [0.05, 0.1) is 32.8 Å². The van der Waals surface area contributed by atoms with Gasteiger partial charge in [0.2, 0.25) is 0 Å². The van der Waals surface area contributed by atoms with Crippen molar-refractivity contribution in [2.75, 3.05) is 45.0 Å². The number of piperidine rings is 1. The number of imidazole rings is 1. The molecule has 0 radical (unpaired) electrons. The SMILES string of the molecule is CCOC(=O)c1ncn(C2CCN(C(=O)Nc3cc(OC)ccc3OC)CC2)c1N. The third-order valence-electron chi connectivity index (χ3n) is 5.09. The maximum atomic E-state index is 12.7. The Morgan fingerprint density at radius 3 is 2.60 bits per heavy atom. The monoisotopic (exact) mass is 417 g/mol. The van der Waals surface area contributed by atoms with Crippen molar-refractivity contribution in [1.82, 2.24) is 14.5 Å². The Kier molecular flexibility index (Phi) is 6.65. The van der Waals surface area contributed by atoms with Gasteiger partial charge in [-0.2, -0.15) is 0 Å². The molecule has 1 fully saturated rings. The zero-order valence-corrected chi connectivity index (χ0v) is 17.4. The number of nitrogens with two attached hydrogens (primary N) is 1. The van der Waals surface area contributed by atoms with E-state index in [9.17, 15) is 9.59 Å². The lowest BCUT2D eigenvalue weighted by Gasteiger charge is -2.33. The molecule has 0 spiro atoms. The Morgan fingerprint density at radius 2 is 1.97 bits per heavy atom. The van der Waals surface area contributed by atoms with E-state index in [-0.39, 0.29) is 30.2 Å². The van der Waals surface area contributed by atoms with Crippen molar-refractivity contribution >= 4 is 23.5 Å². The molecular formula is C20H27N5O5. The number of amides is 2. The third kappa shape index (κ3) is 4.42. The number of likely N-dealkylation sites (tertiary alicyclic amines) is 1. The highest BCUT2D eigenvalue weighted by Crippen LogP contribution is 2.30. The highest BCUT2D eigenvalue weighted by Gasteiger charge is 2.27. The summed E-state index contributed by atoms with van der Waals surface area (Å²) in [5, 5.41) is 2.88. The molecule has 1 aliphatic heterocycles. The molecule has 1 aromatic carbocycles. The number of benzene rings is 1. The van der Waals surface area contributed by atoms with Crippen LogP contribution >= 0.6 is 0 Å². The van der Waals surface area contributed by atoms with Crippen molar-refractivity contribution in [3.8, 4) is 11.5 Å². The van der Waals surface area contributed by atoms with Crippen molar-refractivity contribution in [1.29, 1.82) is 0 Å². The predicted molar refractivity (Wildman–Crippen MR) is 111 cm³/mol.